The van der Waals surface area contributed by atoms with E-state index >= 15 is 0 Å². The molecule has 0 saturated heterocycles. The van der Waals surface area contributed by atoms with Gasteiger partial charge >= 0.3 is 0 Å². The molecule has 3 atom stereocenters. The molecule has 2 heteroatoms. The second-order valence-electron chi connectivity index (χ2n) is 9.23. The molecule has 0 spiro atoms. The first-order valence-electron chi connectivity index (χ1n) is 8.19. The second kappa shape index (κ2) is 3.52. The van der Waals surface area contributed by atoms with Crippen LogP contribution in [0, 0.1) is 22.2 Å². The Bertz CT molecular complexity index is 500. The van der Waals surface area contributed by atoms with Crippen LogP contribution in [0.4, 0.5) is 0 Å². The lowest BCUT2D eigenvalue weighted by atomic mass is 9.36. The summed E-state index contributed by atoms with van der Waals surface area (Å²) in [5.74, 6) is 0.891. The van der Waals surface area contributed by atoms with Crippen LogP contribution in [0.15, 0.2) is 23.9 Å². The topological polar surface area (TPSA) is 52.0 Å². The van der Waals surface area contributed by atoms with Crippen molar-refractivity contribution in [3.05, 3.63) is 23.9 Å². The van der Waals surface area contributed by atoms with Gasteiger partial charge in [0.2, 0.25) is 0 Å². The summed E-state index contributed by atoms with van der Waals surface area (Å²) < 4.78 is 0. The van der Waals surface area contributed by atoms with Crippen molar-refractivity contribution in [2.24, 2.45) is 33.6 Å². The molecule has 20 heavy (non-hydrogen) atoms. The van der Waals surface area contributed by atoms with Crippen molar-refractivity contribution in [1.82, 2.24) is 0 Å². The number of hydrogen-bond acceptors (Lipinski definition) is 2. The van der Waals surface area contributed by atoms with E-state index in [9.17, 15) is 0 Å². The molecule has 4 N–H and O–H groups in total. The maximum atomic E-state index is 6.96. The summed E-state index contributed by atoms with van der Waals surface area (Å²) in [5, 5.41) is 0. The molecule has 110 valence electrons. The molecule has 0 aromatic rings. The van der Waals surface area contributed by atoms with Crippen LogP contribution in [0.25, 0.3) is 0 Å². The highest BCUT2D eigenvalue weighted by atomic mass is 14.9. The van der Waals surface area contributed by atoms with Crippen LogP contribution in [-0.2, 0) is 0 Å². The largest absolute Gasteiger partial charge is 0.402 e. The van der Waals surface area contributed by atoms with Gasteiger partial charge in [0.05, 0.1) is 0 Å². The van der Waals surface area contributed by atoms with Gasteiger partial charge in [-0.25, -0.2) is 0 Å². The SMILES string of the molecule is CC12CC3CC(C)(C1)CC(C1(N)C=CC=C(N)C1)(C3)C2. The van der Waals surface area contributed by atoms with Crippen molar-refractivity contribution < 1.29 is 0 Å². The Morgan fingerprint density at radius 2 is 1.70 bits per heavy atom. The van der Waals surface area contributed by atoms with Gasteiger partial charge in [0.1, 0.15) is 0 Å². The Morgan fingerprint density at radius 3 is 2.25 bits per heavy atom. The minimum Gasteiger partial charge on any atom is -0.402 e. The van der Waals surface area contributed by atoms with E-state index in [4.69, 9.17) is 11.5 Å². The van der Waals surface area contributed by atoms with Gasteiger partial charge in [0, 0.05) is 17.7 Å². The molecular weight excluding hydrogens is 244 g/mol. The van der Waals surface area contributed by atoms with Gasteiger partial charge < -0.3 is 11.5 Å². The first-order chi connectivity index (χ1) is 9.26. The monoisotopic (exact) mass is 272 g/mol. The van der Waals surface area contributed by atoms with Gasteiger partial charge in [-0.2, -0.15) is 0 Å². The molecule has 0 aromatic heterocycles. The summed E-state index contributed by atoms with van der Waals surface area (Å²) in [6.45, 7) is 5.03. The van der Waals surface area contributed by atoms with Gasteiger partial charge in [-0.15, -0.1) is 0 Å². The molecule has 0 heterocycles. The fourth-order valence-corrected chi connectivity index (χ4v) is 7.13. The van der Waals surface area contributed by atoms with Crippen molar-refractivity contribution in [2.75, 3.05) is 0 Å². The zero-order valence-electron chi connectivity index (χ0n) is 12.9. The van der Waals surface area contributed by atoms with Crippen LogP contribution in [0.2, 0.25) is 0 Å². The van der Waals surface area contributed by atoms with Gasteiger partial charge in [-0.3, -0.25) is 0 Å². The number of rotatable bonds is 1. The third kappa shape index (κ3) is 1.60. The molecule has 2 nitrogen and oxygen atoms in total. The highest BCUT2D eigenvalue weighted by Gasteiger charge is 2.65. The number of nitrogens with two attached hydrogens (primary N) is 2. The minimum atomic E-state index is -0.214. The summed E-state index contributed by atoms with van der Waals surface area (Å²) in [4.78, 5) is 0. The molecule has 0 radical (unpaired) electrons. The molecule has 0 aliphatic heterocycles. The van der Waals surface area contributed by atoms with E-state index < -0.39 is 0 Å². The summed E-state index contributed by atoms with van der Waals surface area (Å²) in [5.41, 5.74) is 15.1. The lowest BCUT2D eigenvalue weighted by molar-refractivity contribution is -0.166. The number of allylic oxidation sites excluding steroid dienone is 2. The van der Waals surface area contributed by atoms with E-state index in [0.29, 0.717) is 10.8 Å². The van der Waals surface area contributed by atoms with E-state index in [2.05, 4.69) is 26.0 Å². The smallest absolute Gasteiger partial charge is 0.0454 e. The maximum Gasteiger partial charge on any atom is 0.0454 e. The maximum absolute atomic E-state index is 6.96. The van der Waals surface area contributed by atoms with Crippen LogP contribution >= 0.6 is 0 Å². The van der Waals surface area contributed by atoms with E-state index in [1.807, 2.05) is 6.08 Å². The van der Waals surface area contributed by atoms with Crippen molar-refractivity contribution in [1.29, 1.82) is 0 Å². The fraction of sp³-hybridized carbons (Fsp3) is 0.778. The van der Waals surface area contributed by atoms with Crippen LogP contribution in [0.3, 0.4) is 0 Å². The highest BCUT2D eigenvalue weighted by Crippen LogP contribution is 2.72. The van der Waals surface area contributed by atoms with Crippen LogP contribution in [-0.4, -0.2) is 5.54 Å². The first-order valence-corrected chi connectivity index (χ1v) is 8.19. The lowest BCUT2D eigenvalue weighted by Gasteiger charge is -2.69. The Labute approximate surface area is 122 Å². The number of hydrogen-bond donors (Lipinski definition) is 2. The summed E-state index contributed by atoms with van der Waals surface area (Å²) in [7, 11) is 0. The zero-order valence-corrected chi connectivity index (χ0v) is 12.9. The Balaban J connectivity index is 1.78. The van der Waals surface area contributed by atoms with E-state index in [0.717, 1.165) is 18.0 Å². The standard InChI is InChI=1S/C18H28N2/c1-15-6-13-7-16(2,10-15)12-17(8-13,11-15)18(20)5-3-4-14(19)9-18/h3-5,13H,6-12,19-20H2,1-2H3. The van der Waals surface area contributed by atoms with Crippen molar-refractivity contribution in [3.8, 4) is 0 Å². The Morgan fingerprint density at radius 1 is 1.05 bits per heavy atom. The quantitative estimate of drug-likeness (QED) is 0.768. The molecular formula is C18H28N2. The normalized spacial score (nSPS) is 57.0. The predicted molar refractivity (Wildman–Crippen MR) is 82.8 cm³/mol. The Kier molecular flexibility index (Phi) is 2.28. The van der Waals surface area contributed by atoms with Gasteiger partial charge in [-0.05, 0) is 66.8 Å². The molecule has 5 aliphatic rings. The second-order valence-corrected chi connectivity index (χ2v) is 9.23. The molecule has 5 rings (SSSR count). The van der Waals surface area contributed by atoms with E-state index in [1.54, 1.807) is 0 Å². The van der Waals surface area contributed by atoms with Crippen LogP contribution < -0.4 is 11.5 Å². The highest BCUT2D eigenvalue weighted by molar-refractivity contribution is 5.31. The molecule has 4 fully saturated rings. The third-order valence-electron chi connectivity index (χ3n) is 6.81. The predicted octanol–water partition coefficient (Wildman–Crippen LogP) is 3.48. The Hall–Kier alpha value is -0.760. The third-order valence-corrected chi connectivity index (χ3v) is 6.81. The van der Waals surface area contributed by atoms with E-state index in [1.165, 1.54) is 38.5 Å². The summed E-state index contributed by atoms with van der Waals surface area (Å²) in [6, 6.07) is 0. The first kappa shape index (κ1) is 12.9. The van der Waals surface area contributed by atoms with Gasteiger partial charge in [0.25, 0.3) is 0 Å². The molecule has 4 bridgehead atoms. The zero-order chi connectivity index (χ0) is 14.2. The van der Waals surface area contributed by atoms with Crippen LogP contribution in [0.1, 0.15) is 58.8 Å². The average molecular weight is 272 g/mol. The van der Waals surface area contributed by atoms with Crippen molar-refractivity contribution in [3.63, 3.8) is 0 Å². The van der Waals surface area contributed by atoms with Crippen molar-refractivity contribution >= 4 is 0 Å². The minimum absolute atomic E-state index is 0.214. The molecule has 3 unspecified atom stereocenters. The summed E-state index contributed by atoms with van der Waals surface area (Å²) >= 11 is 0. The molecule has 0 amide bonds. The van der Waals surface area contributed by atoms with Crippen molar-refractivity contribution in [2.45, 2.75) is 64.3 Å². The van der Waals surface area contributed by atoms with Gasteiger partial charge in [-0.1, -0.05) is 26.0 Å². The lowest BCUT2D eigenvalue weighted by Crippen LogP contribution is -2.66. The average Bonchev–Trinajstić information content (AvgIpc) is 2.22. The molecule has 0 aromatic carbocycles. The van der Waals surface area contributed by atoms with Crippen LogP contribution in [0.5, 0.6) is 0 Å². The van der Waals surface area contributed by atoms with Gasteiger partial charge in [0.15, 0.2) is 0 Å². The molecule has 5 aliphatic carbocycles. The van der Waals surface area contributed by atoms with E-state index in [-0.39, 0.29) is 11.0 Å². The molecule has 4 saturated carbocycles. The fourth-order valence-electron chi connectivity index (χ4n) is 7.13. The summed E-state index contributed by atoms with van der Waals surface area (Å²) in [6.07, 6.45) is 15.4.